The van der Waals surface area contributed by atoms with Crippen molar-refractivity contribution < 1.29 is 9.53 Å². The van der Waals surface area contributed by atoms with Gasteiger partial charge >= 0.3 is 0 Å². The summed E-state index contributed by atoms with van der Waals surface area (Å²) in [7, 11) is 0. The van der Waals surface area contributed by atoms with Gasteiger partial charge in [0.2, 0.25) is 0 Å². The highest BCUT2D eigenvalue weighted by atomic mass is 32.1. The summed E-state index contributed by atoms with van der Waals surface area (Å²) in [5, 5.41) is 3.35. The van der Waals surface area contributed by atoms with Crippen molar-refractivity contribution >= 4 is 17.2 Å². The summed E-state index contributed by atoms with van der Waals surface area (Å²) in [6, 6.07) is 0. The predicted molar refractivity (Wildman–Crippen MR) is 83.4 cm³/mol. The first kappa shape index (κ1) is 14.6. The molecule has 1 fully saturated rings. The predicted octanol–water partition coefficient (Wildman–Crippen LogP) is 3.28. The first-order chi connectivity index (χ1) is 10.1. The lowest BCUT2D eigenvalue weighted by molar-refractivity contribution is -0.128. The molecule has 0 radical (unpaired) electrons. The molecule has 0 aliphatic carbocycles. The first-order valence-corrected chi connectivity index (χ1v) is 8.58. The molecule has 2 aliphatic rings. The number of ether oxygens (including phenoxy) is 1. The standard InChI is InChI=1S/C16H22N2O2S/c1-11(2)14-10-21-15(17-14)12-4-3-6-18(8-12)16(19)13-5-7-20-9-13/h9-12H,3-8H2,1-2H3/t12-/m1/s1. The average Bonchev–Trinajstić information content (AvgIpc) is 3.18. The molecule has 0 spiro atoms. The van der Waals surface area contributed by atoms with Crippen LogP contribution in [-0.4, -0.2) is 35.5 Å². The second-order valence-electron chi connectivity index (χ2n) is 6.12. The number of nitrogens with zero attached hydrogens (tertiary/aromatic N) is 2. The Hall–Kier alpha value is -1.36. The van der Waals surface area contributed by atoms with E-state index in [0.717, 1.165) is 37.9 Å². The fourth-order valence-electron chi connectivity index (χ4n) is 2.86. The number of hydrogen-bond acceptors (Lipinski definition) is 4. The number of carbonyl (C=O) groups excluding carboxylic acids is 1. The number of thiazole rings is 1. The van der Waals surface area contributed by atoms with Crippen LogP contribution in [0.4, 0.5) is 0 Å². The Balaban J connectivity index is 1.68. The Morgan fingerprint density at radius 1 is 1.52 bits per heavy atom. The van der Waals surface area contributed by atoms with Gasteiger partial charge < -0.3 is 9.64 Å². The number of piperidine rings is 1. The molecule has 114 valence electrons. The Kier molecular flexibility index (Phi) is 4.29. The molecule has 0 saturated carbocycles. The van der Waals surface area contributed by atoms with E-state index in [-0.39, 0.29) is 5.91 Å². The third kappa shape index (κ3) is 3.12. The van der Waals surface area contributed by atoms with E-state index in [1.54, 1.807) is 17.6 Å². The second kappa shape index (κ2) is 6.18. The van der Waals surface area contributed by atoms with Gasteiger partial charge in [-0.05, 0) is 18.8 Å². The largest absolute Gasteiger partial charge is 0.500 e. The molecule has 4 nitrogen and oxygen atoms in total. The molecule has 0 aromatic carbocycles. The second-order valence-corrected chi connectivity index (χ2v) is 7.01. The maximum atomic E-state index is 12.5. The van der Waals surface area contributed by atoms with Gasteiger partial charge in [-0.15, -0.1) is 11.3 Å². The van der Waals surface area contributed by atoms with E-state index in [1.165, 1.54) is 10.7 Å². The zero-order valence-corrected chi connectivity index (χ0v) is 13.5. The van der Waals surface area contributed by atoms with E-state index in [1.807, 2.05) is 4.90 Å². The van der Waals surface area contributed by atoms with Crippen molar-refractivity contribution in [3.8, 4) is 0 Å². The Bertz CT molecular complexity index is 550. The number of amides is 1. The van der Waals surface area contributed by atoms with E-state index in [0.29, 0.717) is 18.4 Å². The van der Waals surface area contributed by atoms with Gasteiger partial charge in [-0.2, -0.15) is 0 Å². The van der Waals surface area contributed by atoms with E-state index in [2.05, 4.69) is 19.2 Å². The van der Waals surface area contributed by atoms with Gasteiger partial charge in [-0.3, -0.25) is 4.79 Å². The molecule has 2 aliphatic heterocycles. The topological polar surface area (TPSA) is 42.4 Å². The van der Waals surface area contributed by atoms with E-state index in [9.17, 15) is 4.79 Å². The zero-order chi connectivity index (χ0) is 14.8. The van der Waals surface area contributed by atoms with Crippen LogP contribution in [0.2, 0.25) is 0 Å². The van der Waals surface area contributed by atoms with Crippen LogP contribution in [0, 0.1) is 0 Å². The molecule has 21 heavy (non-hydrogen) atoms. The summed E-state index contributed by atoms with van der Waals surface area (Å²) in [6.07, 6.45) is 4.56. The molecule has 1 aromatic rings. The molecule has 1 aromatic heterocycles. The Morgan fingerprint density at radius 2 is 2.38 bits per heavy atom. The smallest absolute Gasteiger partial charge is 0.253 e. The molecule has 0 unspecified atom stereocenters. The van der Waals surface area contributed by atoms with Crippen LogP contribution in [-0.2, 0) is 9.53 Å². The molecule has 0 bridgehead atoms. The quantitative estimate of drug-likeness (QED) is 0.860. The minimum absolute atomic E-state index is 0.151. The fraction of sp³-hybridized carbons (Fsp3) is 0.625. The summed E-state index contributed by atoms with van der Waals surface area (Å²) >= 11 is 1.74. The molecular formula is C16H22N2O2S. The van der Waals surface area contributed by atoms with Crippen LogP contribution in [0.5, 0.6) is 0 Å². The number of carbonyl (C=O) groups is 1. The van der Waals surface area contributed by atoms with Crippen LogP contribution in [0.15, 0.2) is 17.2 Å². The molecule has 1 saturated heterocycles. The zero-order valence-electron chi connectivity index (χ0n) is 12.7. The summed E-state index contributed by atoms with van der Waals surface area (Å²) in [6.45, 7) is 6.63. The molecular weight excluding hydrogens is 284 g/mol. The van der Waals surface area contributed by atoms with E-state index < -0.39 is 0 Å². The highest BCUT2D eigenvalue weighted by Crippen LogP contribution is 2.31. The highest BCUT2D eigenvalue weighted by molar-refractivity contribution is 7.09. The number of hydrogen-bond donors (Lipinski definition) is 0. The summed E-state index contributed by atoms with van der Waals surface area (Å²) in [5.74, 6) is 1.01. The lowest BCUT2D eigenvalue weighted by atomic mass is 9.97. The maximum absolute atomic E-state index is 12.5. The molecule has 1 atom stereocenters. The van der Waals surface area contributed by atoms with Crippen LogP contribution < -0.4 is 0 Å². The van der Waals surface area contributed by atoms with Crippen LogP contribution in [0.1, 0.15) is 55.6 Å². The highest BCUT2D eigenvalue weighted by Gasteiger charge is 2.29. The van der Waals surface area contributed by atoms with Crippen molar-refractivity contribution in [2.24, 2.45) is 0 Å². The monoisotopic (exact) mass is 306 g/mol. The fourth-order valence-corrected chi connectivity index (χ4v) is 3.97. The van der Waals surface area contributed by atoms with Crippen molar-refractivity contribution in [2.75, 3.05) is 19.7 Å². The van der Waals surface area contributed by atoms with Crippen molar-refractivity contribution in [3.05, 3.63) is 27.9 Å². The number of rotatable bonds is 3. The summed E-state index contributed by atoms with van der Waals surface area (Å²) in [4.78, 5) is 19.2. The first-order valence-electron chi connectivity index (χ1n) is 7.70. The van der Waals surface area contributed by atoms with Crippen molar-refractivity contribution in [3.63, 3.8) is 0 Å². The van der Waals surface area contributed by atoms with Gasteiger partial charge in [-0.1, -0.05) is 13.8 Å². The van der Waals surface area contributed by atoms with Gasteiger partial charge in [-0.25, -0.2) is 4.98 Å². The molecule has 0 N–H and O–H groups in total. The van der Waals surface area contributed by atoms with Crippen molar-refractivity contribution in [2.45, 2.75) is 44.9 Å². The maximum Gasteiger partial charge on any atom is 0.253 e. The number of likely N-dealkylation sites (tertiary alicyclic amines) is 1. The minimum atomic E-state index is 0.151. The number of aromatic nitrogens is 1. The molecule has 3 heterocycles. The van der Waals surface area contributed by atoms with Crippen LogP contribution >= 0.6 is 11.3 Å². The van der Waals surface area contributed by atoms with Crippen LogP contribution in [0.3, 0.4) is 0 Å². The Labute approximate surface area is 129 Å². The van der Waals surface area contributed by atoms with E-state index in [4.69, 9.17) is 9.72 Å². The normalized spacial score (nSPS) is 22.3. The van der Waals surface area contributed by atoms with Gasteiger partial charge in [0.05, 0.1) is 29.1 Å². The van der Waals surface area contributed by atoms with Gasteiger partial charge in [0, 0.05) is 30.8 Å². The van der Waals surface area contributed by atoms with Gasteiger partial charge in [0.1, 0.15) is 0 Å². The minimum Gasteiger partial charge on any atom is -0.500 e. The molecule has 5 heteroatoms. The average molecular weight is 306 g/mol. The lowest BCUT2D eigenvalue weighted by Gasteiger charge is -2.32. The van der Waals surface area contributed by atoms with Crippen molar-refractivity contribution in [1.29, 1.82) is 0 Å². The summed E-state index contributed by atoms with van der Waals surface area (Å²) < 4.78 is 5.19. The molecule has 1 amide bonds. The summed E-state index contributed by atoms with van der Waals surface area (Å²) in [5.41, 5.74) is 1.99. The Morgan fingerprint density at radius 3 is 3.05 bits per heavy atom. The third-order valence-electron chi connectivity index (χ3n) is 4.18. The van der Waals surface area contributed by atoms with Crippen molar-refractivity contribution in [1.82, 2.24) is 9.88 Å². The molecule has 3 rings (SSSR count). The lowest BCUT2D eigenvalue weighted by Crippen LogP contribution is -2.39. The van der Waals surface area contributed by atoms with Gasteiger partial charge in [0.15, 0.2) is 0 Å². The van der Waals surface area contributed by atoms with Gasteiger partial charge in [0.25, 0.3) is 5.91 Å². The van der Waals surface area contributed by atoms with Crippen LogP contribution in [0.25, 0.3) is 0 Å². The third-order valence-corrected chi connectivity index (χ3v) is 5.20. The SMILES string of the molecule is CC(C)c1csc([C@@H]2CCCN(C(=O)C3=COCC3)C2)n1. The van der Waals surface area contributed by atoms with E-state index >= 15 is 0 Å².